The van der Waals surface area contributed by atoms with Gasteiger partial charge < -0.3 is 9.84 Å². The maximum atomic E-state index is 13.0. The summed E-state index contributed by atoms with van der Waals surface area (Å²) in [5.74, 6) is -1.89. The number of imide groups is 2. The molecule has 3 aromatic carbocycles. The van der Waals surface area contributed by atoms with E-state index in [9.17, 15) is 19.2 Å². The van der Waals surface area contributed by atoms with E-state index in [0.29, 0.717) is 17.0 Å². The number of carboxylic acids is 1. The number of benzene rings is 3. The van der Waals surface area contributed by atoms with E-state index in [1.165, 1.54) is 18.2 Å². The molecule has 0 bridgehead atoms. The van der Waals surface area contributed by atoms with Crippen LogP contribution in [-0.2, 0) is 22.6 Å². The summed E-state index contributed by atoms with van der Waals surface area (Å²) in [5.41, 5.74) is 2.87. The van der Waals surface area contributed by atoms with E-state index in [4.69, 9.17) is 9.84 Å². The Morgan fingerprint density at radius 2 is 1.54 bits per heavy atom. The van der Waals surface area contributed by atoms with Gasteiger partial charge in [-0.25, -0.2) is 14.5 Å². The summed E-state index contributed by atoms with van der Waals surface area (Å²) in [6.07, 6.45) is 2.24. The first-order chi connectivity index (χ1) is 16.9. The molecule has 8 heteroatoms. The van der Waals surface area contributed by atoms with Crippen molar-refractivity contribution in [1.82, 2.24) is 5.32 Å². The van der Waals surface area contributed by atoms with Crippen molar-refractivity contribution >= 4 is 35.6 Å². The summed E-state index contributed by atoms with van der Waals surface area (Å²) in [5, 5.41) is 11.2. The standard InChI is InChI=1S/C27H22N2O6/c1-2-17-5-11-21(12-6-17)29-25(31)23(24(30)28-27(29)34)15-18-7-13-22(14-8-18)35-16-19-3-9-20(10-4-19)26(32)33/h3-15H,2,16H2,1H3,(H,32,33)(H,28,30,34). The number of aromatic carboxylic acids is 1. The summed E-state index contributed by atoms with van der Waals surface area (Å²) < 4.78 is 5.72. The van der Waals surface area contributed by atoms with Crippen LogP contribution in [0.3, 0.4) is 0 Å². The number of hydrogen-bond acceptors (Lipinski definition) is 5. The maximum absolute atomic E-state index is 13.0. The van der Waals surface area contributed by atoms with Crippen molar-refractivity contribution < 1.29 is 29.0 Å². The molecule has 4 rings (SSSR count). The molecule has 35 heavy (non-hydrogen) atoms. The minimum absolute atomic E-state index is 0.156. The molecule has 176 valence electrons. The van der Waals surface area contributed by atoms with Gasteiger partial charge >= 0.3 is 12.0 Å². The average molecular weight is 470 g/mol. The molecule has 2 N–H and O–H groups in total. The molecular weight excluding hydrogens is 448 g/mol. The van der Waals surface area contributed by atoms with Gasteiger partial charge in [-0.15, -0.1) is 0 Å². The highest BCUT2D eigenvalue weighted by Crippen LogP contribution is 2.23. The van der Waals surface area contributed by atoms with E-state index < -0.39 is 23.8 Å². The van der Waals surface area contributed by atoms with Crippen LogP contribution in [0.1, 0.15) is 34.0 Å². The molecule has 0 aromatic heterocycles. The highest BCUT2D eigenvalue weighted by molar-refractivity contribution is 6.39. The van der Waals surface area contributed by atoms with Crippen LogP contribution in [0.4, 0.5) is 10.5 Å². The van der Waals surface area contributed by atoms with Crippen molar-refractivity contribution in [3.8, 4) is 5.75 Å². The second-order valence-corrected chi connectivity index (χ2v) is 7.84. The normalized spacial score (nSPS) is 14.7. The van der Waals surface area contributed by atoms with Crippen LogP contribution >= 0.6 is 0 Å². The predicted octanol–water partition coefficient (Wildman–Crippen LogP) is 4.19. The number of urea groups is 1. The zero-order chi connectivity index (χ0) is 24.9. The molecule has 1 heterocycles. The number of amides is 4. The molecule has 0 aliphatic carbocycles. The highest BCUT2D eigenvalue weighted by Gasteiger charge is 2.36. The van der Waals surface area contributed by atoms with Crippen LogP contribution in [-0.4, -0.2) is 28.9 Å². The summed E-state index contributed by atoms with van der Waals surface area (Å²) in [6, 6.07) is 19.3. The molecule has 8 nitrogen and oxygen atoms in total. The molecule has 1 fully saturated rings. The third kappa shape index (κ3) is 5.27. The molecule has 0 unspecified atom stereocenters. The van der Waals surface area contributed by atoms with E-state index >= 15 is 0 Å². The molecule has 0 radical (unpaired) electrons. The lowest BCUT2D eigenvalue weighted by Gasteiger charge is -2.26. The van der Waals surface area contributed by atoms with Crippen LogP contribution in [0.25, 0.3) is 6.08 Å². The third-order valence-corrected chi connectivity index (χ3v) is 5.50. The molecular formula is C27H22N2O6. The molecule has 0 spiro atoms. The number of carbonyl (C=O) groups is 4. The number of ether oxygens (including phenoxy) is 1. The minimum atomic E-state index is -0.991. The topological polar surface area (TPSA) is 113 Å². The molecule has 3 aromatic rings. The Morgan fingerprint density at radius 3 is 2.14 bits per heavy atom. The number of carboxylic acid groups (broad SMARTS) is 1. The second-order valence-electron chi connectivity index (χ2n) is 7.84. The van der Waals surface area contributed by atoms with Crippen molar-refractivity contribution in [2.45, 2.75) is 20.0 Å². The Kier molecular flexibility index (Phi) is 6.73. The van der Waals surface area contributed by atoms with Gasteiger partial charge in [-0.1, -0.05) is 43.3 Å². The molecule has 1 aliphatic rings. The smallest absolute Gasteiger partial charge is 0.335 e. The number of rotatable bonds is 7. The van der Waals surface area contributed by atoms with Crippen molar-refractivity contribution in [2.24, 2.45) is 0 Å². The SMILES string of the molecule is CCc1ccc(N2C(=O)NC(=O)C(=Cc3ccc(OCc4ccc(C(=O)O)cc4)cc3)C2=O)cc1. The average Bonchev–Trinajstić information content (AvgIpc) is 2.86. The summed E-state index contributed by atoms with van der Waals surface area (Å²) in [4.78, 5) is 49.6. The number of carbonyl (C=O) groups excluding carboxylic acids is 3. The van der Waals surface area contributed by atoms with Crippen LogP contribution < -0.4 is 15.0 Å². The first-order valence-electron chi connectivity index (χ1n) is 10.9. The van der Waals surface area contributed by atoms with Crippen molar-refractivity contribution in [1.29, 1.82) is 0 Å². The Bertz CT molecular complexity index is 1310. The van der Waals surface area contributed by atoms with E-state index in [1.54, 1.807) is 48.5 Å². The van der Waals surface area contributed by atoms with E-state index in [1.807, 2.05) is 19.1 Å². The number of anilines is 1. The maximum Gasteiger partial charge on any atom is 0.335 e. The van der Waals surface area contributed by atoms with Crippen LogP contribution in [0.2, 0.25) is 0 Å². The molecule has 0 atom stereocenters. The van der Waals surface area contributed by atoms with Crippen molar-refractivity contribution in [3.05, 3.63) is 101 Å². The van der Waals surface area contributed by atoms with Gasteiger partial charge in [0.1, 0.15) is 17.9 Å². The zero-order valence-electron chi connectivity index (χ0n) is 18.9. The Morgan fingerprint density at radius 1 is 0.914 bits per heavy atom. The second kappa shape index (κ2) is 10.0. The van der Waals surface area contributed by atoms with Crippen LogP contribution in [0, 0.1) is 0 Å². The van der Waals surface area contributed by atoms with Gasteiger partial charge in [0.05, 0.1) is 11.3 Å². The predicted molar refractivity (Wildman–Crippen MR) is 129 cm³/mol. The summed E-state index contributed by atoms with van der Waals surface area (Å²) >= 11 is 0. The van der Waals surface area contributed by atoms with Gasteiger partial charge in [-0.2, -0.15) is 0 Å². The van der Waals surface area contributed by atoms with Gasteiger partial charge in [0.25, 0.3) is 11.8 Å². The lowest BCUT2D eigenvalue weighted by molar-refractivity contribution is -0.122. The third-order valence-electron chi connectivity index (χ3n) is 5.50. The molecule has 0 saturated carbocycles. The zero-order valence-corrected chi connectivity index (χ0v) is 18.9. The van der Waals surface area contributed by atoms with E-state index in [2.05, 4.69) is 5.32 Å². The number of nitrogens with one attached hydrogen (secondary N) is 1. The van der Waals surface area contributed by atoms with Gasteiger partial charge in [-0.3, -0.25) is 14.9 Å². The fourth-order valence-electron chi connectivity index (χ4n) is 3.51. The van der Waals surface area contributed by atoms with Gasteiger partial charge in [0.15, 0.2) is 0 Å². The van der Waals surface area contributed by atoms with Crippen LogP contribution in [0.15, 0.2) is 78.4 Å². The van der Waals surface area contributed by atoms with Gasteiger partial charge in [-0.05, 0) is 65.6 Å². The quantitative estimate of drug-likeness (QED) is 0.395. The minimum Gasteiger partial charge on any atom is -0.489 e. The summed E-state index contributed by atoms with van der Waals surface area (Å²) in [6.45, 7) is 2.25. The monoisotopic (exact) mass is 470 g/mol. The fourth-order valence-corrected chi connectivity index (χ4v) is 3.51. The first-order valence-corrected chi connectivity index (χ1v) is 10.9. The largest absolute Gasteiger partial charge is 0.489 e. The molecule has 4 amide bonds. The fraction of sp³-hybridized carbons (Fsp3) is 0.111. The van der Waals surface area contributed by atoms with Crippen molar-refractivity contribution in [3.63, 3.8) is 0 Å². The Hall–Kier alpha value is -4.72. The number of hydrogen-bond donors (Lipinski definition) is 2. The summed E-state index contributed by atoms with van der Waals surface area (Å²) in [7, 11) is 0. The Labute approximate surface area is 201 Å². The Balaban J connectivity index is 1.47. The highest BCUT2D eigenvalue weighted by atomic mass is 16.5. The van der Waals surface area contributed by atoms with Gasteiger partial charge in [0.2, 0.25) is 0 Å². The molecule has 1 saturated heterocycles. The lowest BCUT2D eigenvalue weighted by Crippen LogP contribution is -2.54. The molecule has 1 aliphatic heterocycles. The number of nitrogens with zero attached hydrogens (tertiary/aromatic N) is 1. The lowest BCUT2D eigenvalue weighted by atomic mass is 10.1. The number of barbiturate groups is 1. The van der Waals surface area contributed by atoms with Crippen molar-refractivity contribution in [2.75, 3.05) is 4.90 Å². The van der Waals surface area contributed by atoms with Gasteiger partial charge in [0, 0.05) is 0 Å². The van der Waals surface area contributed by atoms with Crippen LogP contribution in [0.5, 0.6) is 5.75 Å². The first kappa shape index (κ1) is 23.4. The van der Waals surface area contributed by atoms with E-state index in [-0.39, 0.29) is 17.7 Å². The number of aryl methyl sites for hydroxylation is 1. The van der Waals surface area contributed by atoms with E-state index in [0.717, 1.165) is 22.4 Å².